The summed E-state index contributed by atoms with van der Waals surface area (Å²) < 4.78 is 5.69. The smallest absolute Gasteiger partial charge is 0.240 e. The first-order chi connectivity index (χ1) is 8.19. The van der Waals surface area contributed by atoms with E-state index in [1.54, 1.807) is 6.07 Å². The summed E-state index contributed by atoms with van der Waals surface area (Å²) in [5.74, 6) is 6.87. The zero-order valence-electron chi connectivity index (χ0n) is 9.77. The topological polar surface area (TPSA) is 73.1 Å². The van der Waals surface area contributed by atoms with Gasteiger partial charge in [0.2, 0.25) is 11.8 Å². The van der Waals surface area contributed by atoms with Crippen molar-refractivity contribution in [3.8, 4) is 11.6 Å². The number of nitrogens with two attached hydrogens (primary N) is 1. The summed E-state index contributed by atoms with van der Waals surface area (Å²) in [6, 6.07) is 9.50. The third-order valence-corrected chi connectivity index (χ3v) is 2.27. The van der Waals surface area contributed by atoms with Gasteiger partial charge in [0.05, 0.1) is 0 Å². The van der Waals surface area contributed by atoms with E-state index in [2.05, 4.69) is 15.4 Å². The molecule has 1 heterocycles. The summed E-state index contributed by atoms with van der Waals surface area (Å²) in [7, 11) is 0. The van der Waals surface area contributed by atoms with Gasteiger partial charge in [0.25, 0.3) is 0 Å². The average molecular weight is 230 g/mol. The number of anilines is 1. The van der Waals surface area contributed by atoms with Gasteiger partial charge in [-0.05, 0) is 25.5 Å². The molecule has 1 aromatic carbocycles. The molecule has 0 fully saturated rings. The maximum atomic E-state index is 5.69. The molecule has 2 aromatic rings. The van der Waals surface area contributed by atoms with E-state index in [9.17, 15) is 0 Å². The number of para-hydroxylation sites is 1. The van der Waals surface area contributed by atoms with E-state index in [1.807, 2.05) is 38.1 Å². The minimum absolute atomic E-state index is 0.341. The number of ether oxygens (including phenoxy) is 1. The van der Waals surface area contributed by atoms with Gasteiger partial charge in [-0.3, -0.25) is 5.43 Å². The highest BCUT2D eigenvalue weighted by Crippen LogP contribution is 2.23. The van der Waals surface area contributed by atoms with E-state index >= 15 is 0 Å². The molecule has 0 aliphatic heterocycles. The molecule has 0 aliphatic carbocycles. The molecule has 3 N–H and O–H groups in total. The maximum absolute atomic E-state index is 5.69. The highest BCUT2D eigenvalue weighted by molar-refractivity contribution is 5.37. The van der Waals surface area contributed by atoms with Crippen LogP contribution in [0.5, 0.6) is 11.6 Å². The fraction of sp³-hybridized carbons (Fsp3) is 0.167. The van der Waals surface area contributed by atoms with Crippen LogP contribution in [-0.4, -0.2) is 9.97 Å². The first kappa shape index (κ1) is 11.3. The lowest BCUT2D eigenvalue weighted by Crippen LogP contribution is -2.11. The minimum atomic E-state index is 0.341. The highest BCUT2D eigenvalue weighted by atomic mass is 16.5. The van der Waals surface area contributed by atoms with Gasteiger partial charge in [0, 0.05) is 11.8 Å². The summed E-state index contributed by atoms with van der Waals surface area (Å²) in [6.45, 7) is 3.83. The van der Waals surface area contributed by atoms with E-state index in [0.29, 0.717) is 11.8 Å². The van der Waals surface area contributed by atoms with Crippen molar-refractivity contribution >= 4 is 5.95 Å². The number of rotatable bonds is 3. The van der Waals surface area contributed by atoms with E-state index in [4.69, 9.17) is 10.6 Å². The second-order valence-corrected chi connectivity index (χ2v) is 3.68. The minimum Gasteiger partial charge on any atom is -0.439 e. The number of aromatic nitrogens is 2. The number of benzene rings is 1. The molecule has 5 nitrogen and oxygen atoms in total. The fourth-order valence-corrected chi connectivity index (χ4v) is 1.44. The van der Waals surface area contributed by atoms with Crippen molar-refractivity contribution in [3.05, 3.63) is 41.6 Å². The Morgan fingerprint density at radius 3 is 2.65 bits per heavy atom. The Balaban J connectivity index is 2.30. The Morgan fingerprint density at radius 1 is 1.18 bits per heavy atom. The summed E-state index contributed by atoms with van der Waals surface area (Å²) in [4.78, 5) is 8.21. The van der Waals surface area contributed by atoms with Crippen molar-refractivity contribution in [1.29, 1.82) is 0 Å². The SMILES string of the molecule is Cc1cc(Oc2ccccc2C)nc(NN)n1. The molecule has 1 aromatic heterocycles. The predicted molar refractivity (Wildman–Crippen MR) is 65.8 cm³/mol. The Kier molecular flexibility index (Phi) is 3.20. The highest BCUT2D eigenvalue weighted by Gasteiger charge is 2.04. The monoisotopic (exact) mass is 230 g/mol. The summed E-state index contributed by atoms with van der Waals surface area (Å²) >= 11 is 0. The lowest BCUT2D eigenvalue weighted by atomic mass is 10.2. The molecule has 0 amide bonds. The van der Waals surface area contributed by atoms with Crippen molar-refractivity contribution in [2.75, 3.05) is 5.43 Å². The third kappa shape index (κ3) is 2.70. The molecule has 0 radical (unpaired) electrons. The number of hydrogen-bond acceptors (Lipinski definition) is 5. The Labute approximate surface area is 99.6 Å². The second-order valence-electron chi connectivity index (χ2n) is 3.68. The van der Waals surface area contributed by atoms with Crippen LogP contribution in [0, 0.1) is 13.8 Å². The normalized spacial score (nSPS) is 10.1. The first-order valence-corrected chi connectivity index (χ1v) is 5.25. The molecule has 5 heteroatoms. The van der Waals surface area contributed by atoms with Crippen molar-refractivity contribution in [1.82, 2.24) is 9.97 Å². The van der Waals surface area contributed by atoms with Gasteiger partial charge < -0.3 is 4.74 Å². The van der Waals surface area contributed by atoms with Crippen molar-refractivity contribution < 1.29 is 4.74 Å². The Bertz CT molecular complexity index is 528. The molecule has 0 saturated carbocycles. The van der Waals surface area contributed by atoms with Gasteiger partial charge in [0.15, 0.2) is 0 Å². The van der Waals surface area contributed by atoms with Crippen LogP contribution in [0.3, 0.4) is 0 Å². The lowest BCUT2D eigenvalue weighted by molar-refractivity contribution is 0.458. The third-order valence-electron chi connectivity index (χ3n) is 2.27. The Morgan fingerprint density at radius 2 is 1.94 bits per heavy atom. The van der Waals surface area contributed by atoms with Crippen LogP contribution in [-0.2, 0) is 0 Å². The molecule has 17 heavy (non-hydrogen) atoms. The molecule has 88 valence electrons. The van der Waals surface area contributed by atoms with E-state index < -0.39 is 0 Å². The molecular weight excluding hydrogens is 216 g/mol. The Hall–Kier alpha value is -2.14. The number of nitrogens with one attached hydrogen (secondary N) is 1. The molecule has 0 unspecified atom stereocenters. The van der Waals surface area contributed by atoms with E-state index in [0.717, 1.165) is 17.0 Å². The van der Waals surface area contributed by atoms with Crippen LogP contribution >= 0.6 is 0 Å². The second kappa shape index (κ2) is 4.80. The number of aryl methyl sites for hydroxylation is 2. The zero-order chi connectivity index (χ0) is 12.3. The van der Waals surface area contributed by atoms with Crippen LogP contribution in [0.2, 0.25) is 0 Å². The van der Waals surface area contributed by atoms with Crippen molar-refractivity contribution in [2.45, 2.75) is 13.8 Å². The summed E-state index contributed by atoms with van der Waals surface area (Å²) in [5, 5.41) is 0. The number of hydrogen-bond donors (Lipinski definition) is 2. The van der Waals surface area contributed by atoms with Gasteiger partial charge in [0.1, 0.15) is 5.75 Å². The zero-order valence-corrected chi connectivity index (χ0v) is 9.77. The summed E-state index contributed by atoms with van der Waals surface area (Å²) in [6.07, 6.45) is 0. The average Bonchev–Trinajstić information content (AvgIpc) is 2.31. The molecular formula is C12H14N4O. The van der Waals surface area contributed by atoms with Crippen LogP contribution in [0.1, 0.15) is 11.3 Å². The molecule has 0 aliphatic rings. The molecule has 0 bridgehead atoms. The van der Waals surface area contributed by atoms with Crippen LogP contribution in [0.4, 0.5) is 5.95 Å². The number of nitrogen functional groups attached to an aromatic ring is 1. The lowest BCUT2D eigenvalue weighted by Gasteiger charge is -2.09. The van der Waals surface area contributed by atoms with Gasteiger partial charge in [-0.1, -0.05) is 18.2 Å². The molecule has 0 saturated heterocycles. The van der Waals surface area contributed by atoms with Crippen LogP contribution in [0.15, 0.2) is 30.3 Å². The van der Waals surface area contributed by atoms with Gasteiger partial charge in [-0.2, -0.15) is 4.98 Å². The van der Waals surface area contributed by atoms with E-state index in [-0.39, 0.29) is 0 Å². The van der Waals surface area contributed by atoms with Crippen molar-refractivity contribution in [2.24, 2.45) is 5.84 Å². The number of nitrogens with zero attached hydrogens (tertiary/aromatic N) is 2. The molecule has 0 spiro atoms. The predicted octanol–water partition coefficient (Wildman–Crippen LogP) is 2.17. The van der Waals surface area contributed by atoms with Gasteiger partial charge >= 0.3 is 0 Å². The van der Waals surface area contributed by atoms with Crippen molar-refractivity contribution in [3.63, 3.8) is 0 Å². The molecule has 0 atom stereocenters. The molecule has 2 rings (SSSR count). The quantitative estimate of drug-likeness (QED) is 0.624. The maximum Gasteiger partial charge on any atom is 0.240 e. The van der Waals surface area contributed by atoms with Gasteiger partial charge in [-0.25, -0.2) is 10.8 Å². The summed E-state index contributed by atoms with van der Waals surface area (Å²) in [5.41, 5.74) is 4.24. The standard InChI is InChI=1S/C12H14N4O/c1-8-5-3-4-6-10(8)17-11-7-9(2)14-12(15-11)16-13/h3-7H,13H2,1-2H3,(H,14,15,16). The van der Waals surface area contributed by atoms with Crippen LogP contribution in [0.25, 0.3) is 0 Å². The number of hydrazine groups is 1. The van der Waals surface area contributed by atoms with E-state index in [1.165, 1.54) is 0 Å². The fourth-order valence-electron chi connectivity index (χ4n) is 1.44. The largest absolute Gasteiger partial charge is 0.439 e. The first-order valence-electron chi connectivity index (χ1n) is 5.25. The van der Waals surface area contributed by atoms with Gasteiger partial charge in [-0.15, -0.1) is 0 Å². The van der Waals surface area contributed by atoms with Crippen LogP contribution < -0.4 is 16.0 Å².